The van der Waals surface area contributed by atoms with Crippen molar-refractivity contribution in [3.8, 4) is 0 Å². The molecule has 0 bridgehead atoms. The number of halogens is 4. The van der Waals surface area contributed by atoms with Crippen LogP contribution in [0.1, 0.15) is 58.4 Å². The number of allylic oxidation sites excluding steroid dienone is 1. The zero-order chi connectivity index (χ0) is 25.4. The molecule has 2 rings (SSSR count). The van der Waals surface area contributed by atoms with Crippen molar-refractivity contribution in [1.29, 1.82) is 5.41 Å². The zero-order valence-corrected chi connectivity index (χ0v) is 19.7. The minimum Gasteiger partial charge on any atom is -0.379 e. The summed E-state index contributed by atoms with van der Waals surface area (Å²) in [7, 11) is 0. The highest BCUT2D eigenvalue weighted by Gasteiger charge is 2.37. The number of nitrogens with zero attached hydrogens (tertiary/aromatic N) is 1. The van der Waals surface area contributed by atoms with E-state index in [4.69, 9.17) is 5.41 Å². The molecule has 0 radical (unpaired) electrons. The number of rotatable bonds is 11. The summed E-state index contributed by atoms with van der Waals surface area (Å²) >= 11 is 0. The van der Waals surface area contributed by atoms with E-state index >= 15 is 0 Å². The van der Waals surface area contributed by atoms with Crippen molar-refractivity contribution in [2.24, 2.45) is 10.9 Å². The van der Waals surface area contributed by atoms with E-state index in [1.807, 2.05) is 6.92 Å². The van der Waals surface area contributed by atoms with Gasteiger partial charge < -0.3 is 10.6 Å². The summed E-state index contributed by atoms with van der Waals surface area (Å²) in [5.41, 5.74) is 0.460. The van der Waals surface area contributed by atoms with E-state index in [2.05, 4.69) is 22.2 Å². The molecular weight excluding hydrogens is 448 g/mol. The third-order valence-corrected chi connectivity index (χ3v) is 5.88. The topological polar surface area (TPSA) is 77.3 Å². The second-order valence-corrected chi connectivity index (χ2v) is 8.27. The predicted octanol–water partition coefficient (Wildman–Crippen LogP) is 6.17. The SMILES string of the molecule is C=CN=C1NC(=O)CC(C(F)F)/C1=C(/C)C(=N)c1ccc(F)cc1NC(CCCC)C(F)CC. The predicted molar refractivity (Wildman–Crippen MR) is 128 cm³/mol. The van der Waals surface area contributed by atoms with Crippen LogP contribution in [0.4, 0.5) is 23.2 Å². The first kappa shape index (κ1) is 27.3. The number of alkyl halides is 3. The van der Waals surface area contributed by atoms with Gasteiger partial charge in [-0.05, 0) is 43.5 Å². The summed E-state index contributed by atoms with van der Waals surface area (Å²) in [5, 5.41) is 14.3. The number of aliphatic imine (C=N–C) groups is 1. The van der Waals surface area contributed by atoms with Crippen molar-refractivity contribution in [2.45, 2.75) is 71.5 Å². The molecule has 0 spiro atoms. The van der Waals surface area contributed by atoms with E-state index in [0.29, 0.717) is 6.42 Å². The van der Waals surface area contributed by atoms with Crippen molar-refractivity contribution in [2.75, 3.05) is 5.32 Å². The first-order chi connectivity index (χ1) is 16.1. The molecule has 1 amide bonds. The lowest BCUT2D eigenvalue weighted by molar-refractivity contribution is -0.122. The fourth-order valence-corrected chi connectivity index (χ4v) is 4.03. The number of carbonyl (C=O) groups is 1. The number of carbonyl (C=O) groups excluding carboxylic acids is 1. The van der Waals surface area contributed by atoms with Gasteiger partial charge in [-0.3, -0.25) is 10.2 Å². The van der Waals surface area contributed by atoms with E-state index in [0.717, 1.165) is 25.1 Å². The third kappa shape index (κ3) is 6.55. The highest BCUT2D eigenvalue weighted by Crippen LogP contribution is 2.32. The van der Waals surface area contributed by atoms with Gasteiger partial charge in [0.25, 0.3) is 0 Å². The van der Waals surface area contributed by atoms with Crippen LogP contribution < -0.4 is 10.6 Å². The molecule has 1 aromatic rings. The lowest BCUT2D eigenvalue weighted by Gasteiger charge is -2.29. The fraction of sp³-hybridized carbons (Fsp3) is 0.480. The summed E-state index contributed by atoms with van der Waals surface area (Å²) in [6.07, 6.45) is -0.969. The smallest absolute Gasteiger partial charge is 0.246 e. The number of amides is 1. The quantitative estimate of drug-likeness (QED) is 0.262. The minimum absolute atomic E-state index is 0.0224. The van der Waals surface area contributed by atoms with E-state index in [1.165, 1.54) is 19.1 Å². The molecular formula is C25H32F4N4O. The summed E-state index contributed by atoms with van der Waals surface area (Å²) in [5.74, 6) is -2.73. The molecule has 186 valence electrons. The number of unbranched alkanes of at least 4 members (excludes halogenated alkanes) is 1. The van der Waals surface area contributed by atoms with Gasteiger partial charge >= 0.3 is 0 Å². The number of piperidine rings is 1. The molecule has 1 aliphatic rings. The normalized spacial score (nSPS) is 20.6. The van der Waals surface area contributed by atoms with E-state index in [1.54, 1.807) is 6.92 Å². The molecule has 5 nitrogen and oxygen atoms in total. The van der Waals surface area contributed by atoms with Crippen LogP contribution in [0.25, 0.3) is 0 Å². The van der Waals surface area contributed by atoms with Crippen LogP contribution in [0.3, 0.4) is 0 Å². The Morgan fingerprint density at radius 1 is 1.35 bits per heavy atom. The number of amidine groups is 1. The second-order valence-electron chi connectivity index (χ2n) is 8.27. The lowest BCUT2D eigenvalue weighted by atomic mass is 9.84. The average molecular weight is 481 g/mol. The molecule has 1 aromatic carbocycles. The fourth-order valence-electron chi connectivity index (χ4n) is 4.03. The molecule has 34 heavy (non-hydrogen) atoms. The van der Waals surface area contributed by atoms with Crippen LogP contribution in [0, 0.1) is 17.1 Å². The molecule has 3 unspecified atom stereocenters. The standard InChI is InChI=1S/C25H32F4N4O/c1-5-8-9-19(18(27)6-2)32-20-12-15(26)10-11-16(20)23(30)14(4)22-17(24(28)29)13-21(34)33-25(22)31-7-3/h7,10-12,17-19,24,30,32H,3,5-6,8-9,13H2,1-2,4H3,(H,31,33,34)/b22-14+,30-23?. The van der Waals surface area contributed by atoms with Gasteiger partial charge in [0, 0.05) is 29.4 Å². The second kappa shape index (κ2) is 12.5. The first-order valence-electron chi connectivity index (χ1n) is 11.4. The van der Waals surface area contributed by atoms with Gasteiger partial charge in [0.1, 0.15) is 17.8 Å². The monoisotopic (exact) mass is 480 g/mol. The molecule has 1 fully saturated rings. The number of benzene rings is 1. The van der Waals surface area contributed by atoms with Gasteiger partial charge in [0.05, 0.1) is 17.7 Å². The van der Waals surface area contributed by atoms with Crippen molar-refractivity contribution in [1.82, 2.24) is 5.32 Å². The number of anilines is 1. The summed E-state index contributed by atoms with van der Waals surface area (Å²) in [6, 6.07) is 3.11. The molecule has 1 saturated heterocycles. The Morgan fingerprint density at radius 3 is 2.65 bits per heavy atom. The van der Waals surface area contributed by atoms with Crippen molar-refractivity contribution >= 4 is 23.1 Å². The van der Waals surface area contributed by atoms with Gasteiger partial charge in [0.2, 0.25) is 12.3 Å². The maximum Gasteiger partial charge on any atom is 0.246 e. The van der Waals surface area contributed by atoms with Crippen LogP contribution in [-0.4, -0.2) is 36.1 Å². The Kier molecular flexibility index (Phi) is 10.0. The van der Waals surface area contributed by atoms with Crippen LogP contribution in [0.15, 0.2) is 47.1 Å². The highest BCUT2D eigenvalue weighted by molar-refractivity contribution is 6.20. The molecule has 1 aliphatic heterocycles. The van der Waals surface area contributed by atoms with Gasteiger partial charge in [0.15, 0.2) is 0 Å². The largest absolute Gasteiger partial charge is 0.379 e. The Balaban J connectivity index is 2.57. The van der Waals surface area contributed by atoms with Crippen molar-refractivity contribution < 1.29 is 22.4 Å². The molecule has 3 N–H and O–H groups in total. The van der Waals surface area contributed by atoms with Gasteiger partial charge in [-0.2, -0.15) is 0 Å². The third-order valence-electron chi connectivity index (χ3n) is 5.88. The van der Waals surface area contributed by atoms with Crippen molar-refractivity contribution in [3.63, 3.8) is 0 Å². The molecule has 1 heterocycles. The average Bonchev–Trinajstić information content (AvgIpc) is 2.80. The van der Waals surface area contributed by atoms with E-state index < -0.39 is 42.7 Å². The highest BCUT2D eigenvalue weighted by atomic mass is 19.3. The Bertz CT molecular complexity index is 974. The molecule has 3 atom stereocenters. The lowest BCUT2D eigenvalue weighted by Crippen LogP contribution is -2.44. The van der Waals surface area contributed by atoms with Crippen LogP contribution in [0.5, 0.6) is 0 Å². The van der Waals surface area contributed by atoms with Crippen LogP contribution in [-0.2, 0) is 4.79 Å². The minimum atomic E-state index is -2.86. The Hall–Kier alpha value is -2.97. The Morgan fingerprint density at radius 2 is 2.06 bits per heavy atom. The maximum absolute atomic E-state index is 14.6. The summed E-state index contributed by atoms with van der Waals surface area (Å²) in [4.78, 5) is 15.9. The number of hydrogen-bond donors (Lipinski definition) is 3. The summed E-state index contributed by atoms with van der Waals surface area (Å²) < 4.78 is 56.5. The molecule has 9 heteroatoms. The van der Waals surface area contributed by atoms with Gasteiger partial charge in [-0.1, -0.05) is 33.3 Å². The first-order valence-corrected chi connectivity index (χ1v) is 11.4. The number of nitrogens with one attached hydrogen (secondary N) is 3. The van der Waals surface area contributed by atoms with Crippen LogP contribution >= 0.6 is 0 Å². The van der Waals surface area contributed by atoms with Crippen molar-refractivity contribution in [3.05, 3.63) is 53.5 Å². The zero-order valence-electron chi connectivity index (χ0n) is 19.7. The number of hydrogen-bond acceptors (Lipinski definition) is 4. The maximum atomic E-state index is 14.6. The Labute approximate surface area is 197 Å². The van der Waals surface area contributed by atoms with E-state index in [9.17, 15) is 22.4 Å². The van der Waals surface area contributed by atoms with Gasteiger partial charge in [-0.25, -0.2) is 22.6 Å². The summed E-state index contributed by atoms with van der Waals surface area (Å²) in [6.45, 7) is 8.65. The molecule has 0 saturated carbocycles. The molecule has 0 aliphatic carbocycles. The van der Waals surface area contributed by atoms with Crippen LogP contribution in [0.2, 0.25) is 0 Å². The molecule has 0 aromatic heterocycles. The van der Waals surface area contributed by atoms with Gasteiger partial charge in [-0.15, -0.1) is 0 Å². The van der Waals surface area contributed by atoms with E-state index in [-0.39, 0.29) is 40.4 Å².